The van der Waals surface area contributed by atoms with Crippen LogP contribution in [-0.2, 0) is 17.2 Å². The summed E-state index contributed by atoms with van der Waals surface area (Å²) in [5.41, 5.74) is 0. The molecule has 0 amide bonds. The smallest absolute Gasteiger partial charge is 0.315 e. The fourth-order valence-electron chi connectivity index (χ4n) is 0.809. The lowest BCUT2D eigenvalue weighted by Crippen LogP contribution is -2.09. The first-order chi connectivity index (χ1) is 6.72. The summed E-state index contributed by atoms with van der Waals surface area (Å²) in [6.45, 7) is 0.561. The molecule has 7 heteroatoms. The number of rotatable bonds is 6. The zero-order valence-corrected chi connectivity index (χ0v) is 9.40. The van der Waals surface area contributed by atoms with Crippen LogP contribution in [0, 0.1) is 0 Å². The van der Waals surface area contributed by atoms with E-state index in [1.807, 2.05) is 0 Å². The van der Waals surface area contributed by atoms with Crippen LogP contribution in [0.25, 0.3) is 0 Å². The van der Waals surface area contributed by atoms with Crippen LogP contribution in [0.4, 0.5) is 6.01 Å². The maximum absolute atomic E-state index is 10.7. The average Bonchev–Trinajstić information content (AvgIpc) is 2.53. The number of hydrogen-bond donors (Lipinski definition) is 1. The molecule has 80 valence electrons. The molecule has 0 aliphatic rings. The van der Waals surface area contributed by atoms with Gasteiger partial charge in [-0.25, -0.2) is 0 Å². The molecule has 1 atom stereocenters. The molecule has 5 nitrogen and oxygen atoms in total. The second kappa shape index (κ2) is 5.98. The highest BCUT2D eigenvalue weighted by Gasteiger charge is 2.04. The number of aryl methyl sites for hydroxylation is 1. The van der Waals surface area contributed by atoms with E-state index < -0.39 is 10.8 Å². The first-order valence-electron chi connectivity index (χ1n) is 4.14. The summed E-state index contributed by atoms with van der Waals surface area (Å²) in [5, 5.41) is 10.4. The normalized spacial score (nSPS) is 12.7. The van der Waals surface area contributed by atoms with Crippen LogP contribution in [0.5, 0.6) is 0 Å². The average molecular weight is 238 g/mol. The van der Waals surface area contributed by atoms with E-state index in [9.17, 15) is 4.21 Å². The largest absolute Gasteiger partial charge is 0.408 e. The van der Waals surface area contributed by atoms with E-state index in [2.05, 4.69) is 15.5 Å². The quantitative estimate of drug-likeness (QED) is 0.736. The Morgan fingerprint density at radius 3 is 3.00 bits per heavy atom. The molecule has 0 fully saturated rings. The van der Waals surface area contributed by atoms with Gasteiger partial charge in [-0.2, -0.15) is 0 Å². The molecule has 0 aromatic carbocycles. The zero-order valence-electron chi connectivity index (χ0n) is 7.83. The van der Waals surface area contributed by atoms with Gasteiger partial charge in [-0.3, -0.25) is 4.21 Å². The van der Waals surface area contributed by atoms with Gasteiger partial charge >= 0.3 is 6.01 Å². The van der Waals surface area contributed by atoms with Crippen LogP contribution in [0.1, 0.15) is 5.89 Å². The Bertz CT molecular complexity index is 305. The molecule has 1 heterocycles. The van der Waals surface area contributed by atoms with Crippen molar-refractivity contribution in [1.29, 1.82) is 0 Å². The Balaban J connectivity index is 2.32. The second-order valence-corrected chi connectivity index (χ2v) is 4.58. The first kappa shape index (κ1) is 11.5. The summed E-state index contributed by atoms with van der Waals surface area (Å²) < 4.78 is 15.9. The monoisotopic (exact) mass is 237 g/mol. The Labute approximate surface area is 89.7 Å². The van der Waals surface area contributed by atoms with Crippen molar-refractivity contribution in [3.05, 3.63) is 5.89 Å². The van der Waals surface area contributed by atoms with Gasteiger partial charge in [0.25, 0.3) is 0 Å². The third kappa shape index (κ3) is 4.06. The van der Waals surface area contributed by atoms with Crippen molar-refractivity contribution in [2.24, 2.45) is 0 Å². The van der Waals surface area contributed by atoms with E-state index in [0.29, 0.717) is 36.5 Å². The summed E-state index contributed by atoms with van der Waals surface area (Å²) >= 11 is 5.50. The third-order valence-electron chi connectivity index (χ3n) is 1.44. The van der Waals surface area contributed by atoms with E-state index in [0.717, 1.165) is 0 Å². The Morgan fingerprint density at radius 1 is 1.57 bits per heavy atom. The topological polar surface area (TPSA) is 68.0 Å². The van der Waals surface area contributed by atoms with Crippen molar-refractivity contribution in [3.63, 3.8) is 0 Å². The standard InChI is InChI=1S/C7H12ClN3O2S/c1-14(12)5-4-9-7-11-10-6(13-7)2-3-8/h2-5H2,1H3,(H,9,11). The van der Waals surface area contributed by atoms with E-state index in [4.69, 9.17) is 16.0 Å². The van der Waals surface area contributed by atoms with Gasteiger partial charge in [0.05, 0.1) is 0 Å². The fraction of sp³-hybridized carbons (Fsp3) is 0.714. The van der Waals surface area contributed by atoms with Gasteiger partial charge in [0.15, 0.2) is 0 Å². The molecule has 0 aliphatic heterocycles. The summed E-state index contributed by atoms with van der Waals surface area (Å²) in [6.07, 6.45) is 2.21. The molecule has 0 bridgehead atoms. The minimum atomic E-state index is -0.809. The summed E-state index contributed by atoms with van der Waals surface area (Å²) in [4.78, 5) is 0. The van der Waals surface area contributed by atoms with Crippen molar-refractivity contribution in [3.8, 4) is 0 Å². The molecular formula is C7H12ClN3O2S. The maximum atomic E-state index is 10.7. The number of nitrogens with one attached hydrogen (secondary N) is 1. The highest BCUT2D eigenvalue weighted by Crippen LogP contribution is 2.05. The number of nitrogens with zero attached hydrogens (tertiary/aromatic N) is 2. The highest BCUT2D eigenvalue weighted by molar-refractivity contribution is 7.84. The van der Waals surface area contributed by atoms with Crippen LogP contribution in [0.15, 0.2) is 4.42 Å². The van der Waals surface area contributed by atoms with Gasteiger partial charge < -0.3 is 9.73 Å². The molecule has 1 unspecified atom stereocenters. The molecule has 1 aromatic heterocycles. The van der Waals surface area contributed by atoms with Crippen molar-refractivity contribution >= 4 is 28.4 Å². The van der Waals surface area contributed by atoms with Crippen molar-refractivity contribution in [2.45, 2.75) is 6.42 Å². The second-order valence-electron chi connectivity index (χ2n) is 2.64. The van der Waals surface area contributed by atoms with E-state index in [1.165, 1.54) is 0 Å². The van der Waals surface area contributed by atoms with Gasteiger partial charge in [-0.15, -0.1) is 16.7 Å². The fourth-order valence-corrected chi connectivity index (χ4v) is 1.36. The van der Waals surface area contributed by atoms with Gasteiger partial charge in [0.2, 0.25) is 5.89 Å². The van der Waals surface area contributed by atoms with E-state index in [1.54, 1.807) is 6.26 Å². The molecule has 1 N–H and O–H groups in total. The number of hydrogen-bond acceptors (Lipinski definition) is 5. The lowest BCUT2D eigenvalue weighted by Gasteiger charge is -1.97. The molecule has 14 heavy (non-hydrogen) atoms. The lowest BCUT2D eigenvalue weighted by atomic mass is 10.5. The van der Waals surface area contributed by atoms with Crippen molar-refractivity contribution in [2.75, 3.05) is 29.8 Å². The van der Waals surface area contributed by atoms with Crippen LogP contribution in [0.3, 0.4) is 0 Å². The predicted octanol–water partition coefficient (Wildman–Crippen LogP) is 0.641. The molecule has 0 spiro atoms. The maximum Gasteiger partial charge on any atom is 0.315 e. The third-order valence-corrected chi connectivity index (χ3v) is 2.41. The van der Waals surface area contributed by atoms with Gasteiger partial charge in [-0.05, 0) is 0 Å². The summed E-state index contributed by atoms with van der Waals surface area (Å²) in [6, 6.07) is 0.357. The van der Waals surface area contributed by atoms with Crippen molar-refractivity contribution < 1.29 is 8.63 Å². The molecule has 0 saturated carbocycles. The molecule has 1 aromatic rings. The Hall–Kier alpha value is -0.620. The summed E-state index contributed by atoms with van der Waals surface area (Å²) in [5.74, 6) is 1.54. The van der Waals surface area contributed by atoms with Gasteiger partial charge in [-0.1, -0.05) is 5.10 Å². The molecular weight excluding hydrogens is 226 g/mol. The first-order valence-corrected chi connectivity index (χ1v) is 6.41. The number of anilines is 1. The van der Waals surface area contributed by atoms with Crippen LogP contribution < -0.4 is 5.32 Å². The van der Waals surface area contributed by atoms with Gasteiger partial charge in [0.1, 0.15) is 0 Å². The minimum absolute atomic E-state index is 0.357. The van der Waals surface area contributed by atoms with Crippen LogP contribution >= 0.6 is 11.6 Å². The lowest BCUT2D eigenvalue weighted by molar-refractivity contribution is 0.513. The molecule has 1 rings (SSSR count). The SMILES string of the molecule is CS(=O)CCNc1nnc(CCCl)o1. The van der Waals surface area contributed by atoms with Crippen LogP contribution in [0.2, 0.25) is 0 Å². The molecule has 0 aliphatic carbocycles. The van der Waals surface area contributed by atoms with Crippen molar-refractivity contribution in [1.82, 2.24) is 10.2 Å². The predicted molar refractivity (Wildman–Crippen MR) is 56.1 cm³/mol. The number of halogens is 1. The zero-order chi connectivity index (χ0) is 10.4. The van der Waals surface area contributed by atoms with E-state index >= 15 is 0 Å². The van der Waals surface area contributed by atoms with E-state index in [-0.39, 0.29) is 0 Å². The number of aromatic nitrogens is 2. The Kier molecular flexibility index (Phi) is 4.89. The van der Waals surface area contributed by atoms with Gasteiger partial charge in [0, 0.05) is 41.7 Å². The highest BCUT2D eigenvalue weighted by atomic mass is 35.5. The summed E-state index contributed by atoms with van der Waals surface area (Å²) in [7, 11) is -0.809. The molecule has 0 radical (unpaired) electrons. The molecule has 0 saturated heterocycles. The number of alkyl halides is 1. The Morgan fingerprint density at radius 2 is 2.36 bits per heavy atom. The minimum Gasteiger partial charge on any atom is -0.408 e. The van der Waals surface area contributed by atoms with Crippen LogP contribution in [-0.4, -0.2) is 38.8 Å².